The molecule has 5 nitrogen and oxygen atoms in total. The molecule has 0 aromatic heterocycles. The van der Waals surface area contributed by atoms with Crippen molar-refractivity contribution in [2.45, 2.75) is 6.54 Å². The minimum Gasteiger partial charge on any atom is -0.508 e. The zero-order valence-electron chi connectivity index (χ0n) is 11.1. The Hall–Kier alpha value is -2.53. The van der Waals surface area contributed by atoms with E-state index >= 15 is 0 Å². The molecule has 0 unspecified atom stereocenters. The number of rotatable bonds is 3. The fourth-order valence-electron chi connectivity index (χ4n) is 1.89. The number of carbonyl (C=O) groups is 1. The number of hydrogen-bond donors (Lipinski definition) is 3. The molecule has 0 aliphatic carbocycles. The number of nitrogens with zero attached hydrogens (tertiary/aromatic N) is 1. The summed E-state index contributed by atoms with van der Waals surface area (Å²) in [7, 11) is 1.62. The Kier molecular flexibility index (Phi) is 3.91. The Morgan fingerprint density at radius 3 is 2.60 bits per heavy atom. The molecule has 0 fully saturated rings. The molecule has 0 saturated heterocycles. The second-order valence-corrected chi connectivity index (χ2v) is 4.44. The maximum Gasteiger partial charge on any atom is 0.261 e. The fraction of sp³-hybridized carbons (Fsp3) is 0.133. The van der Waals surface area contributed by atoms with E-state index in [1.807, 2.05) is 18.2 Å². The quantitative estimate of drug-likeness (QED) is 0.795. The van der Waals surface area contributed by atoms with Gasteiger partial charge in [-0.3, -0.25) is 4.79 Å². The van der Waals surface area contributed by atoms with E-state index in [9.17, 15) is 15.0 Å². The lowest BCUT2D eigenvalue weighted by Gasteiger charge is -2.18. The van der Waals surface area contributed by atoms with Crippen LogP contribution in [0.3, 0.4) is 0 Å². The zero-order chi connectivity index (χ0) is 14.7. The van der Waals surface area contributed by atoms with Gasteiger partial charge in [0.05, 0.1) is 5.56 Å². The summed E-state index contributed by atoms with van der Waals surface area (Å²) in [6.45, 7) is 0.389. The van der Waals surface area contributed by atoms with E-state index < -0.39 is 0 Å². The molecule has 0 spiro atoms. The first-order valence-electron chi connectivity index (χ1n) is 6.12. The molecule has 104 valence electrons. The van der Waals surface area contributed by atoms with Crippen molar-refractivity contribution in [3.05, 3.63) is 53.6 Å². The van der Waals surface area contributed by atoms with Crippen molar-refractivity contribution < 1.29 is 15.0 Å². The zero-order valence-corrected chi connectivity index (χ0v) is 11.1. The van der Waals surface area contributed by atoms with Crippen molar-refractivity contribution in [3.8, 4) is 11.5 Å². The first kappa shape index (κ1) is 13.9. The molecular weight excluding hydrogens is 256 g/mol. The van der Waals surface area contributed by atoms with Gasteiger partial charge in [0.1, 0.15) is 11.5 Å². The van der Waals surface area contributed by atoms with Gasteiger partial charge in [-0.1, -0.05) is 12.1 Å². The summed E-state index contributed by atoms with van der Waals surface area (Å²) in [5.74, 6) is -0.708. The second-order valence-electron chi connectivity index (χ2n) is 4.44. The van der Waals surface area contributed by atoms with Gasteiger partial charge < -0.3 is 20.8 Å². The van der Waals surface area contributed by atoms with Gasteiger partial charge >= 0.3 is 0 Å². The lowest BCUT2D eigenvalue weighted by molar-refractivity contribution is 0.0990. The van der Waals surface area contributed by atoms with Gasteiger partial charge in [-0.2, -0.15) is 0 Å². The second kappa shape index (κ2) is 5.63. The number of aromatic hydroxyl groups is 2. The average Bonchev–Trinajstić information content (AvgIpc) is 2.46. The first-order valence-corrected chi connectivity index (χ1v) is 6.12. The Morgan fingerprint density at radius 1 is 1.20 bits per heavy atom. The van der Waals surface area contributed by atoms with Gasteiger partial charge in [-0.05, 0) is 29.8 Å². The predicted octanol–water partition coefficient (Wildman–Crippen LogP) is 1.83. The fourth-order valence-corrected chi connectivity index (χ4v) is 1.89. The van der Waals surface area contributed by atoms with Crippen LogP contribution in [0.4, 0.5) is 5.69 Å². The van der Waals surface area contributed by atoms with Crippen LogP contribution >= 0.6 is 0 Å². The summed E-state index contributed by atoms with van der Waals surface area (Å²) >= 11 is 0. The Balaban J connectivity index is 2.32. The van der Waals surface area contributed by atoms with Crippen molar-refractivity contribution >= 4 is 11.6 Å². The molecule has 4 N–H and O–H groups in total. The molecule has 0 bridgehead atoms. The predicted molar refractivity (Wildman–Crippen MR) is 76.8 cm³/mol. The highest BCUT2D eigenvalue weighted by atomic mass is 16.3. The molecule has 20 heavy (non-hydrogen) atoms. The molecule has 0 aliphatic rings. The smallest absolute Gasteiger partial charge is 0.261 e. The molecule has 2 aromatic rings. The minimum atomic E-state index is -0.364. The Bertz CT molecular complexity index is 641. The van der Waals surface area contributed by atoms with Gasteiger partial charge in [0, 0.05) is 25.3 Å². The van der Waals surface area contributed by atoms with E-state index in [0.29, 0.717) is 12.2 Å². The molecule has 0 saturated carbocycles. The Labute approximate surface area is 116 Å². The van der Waals surface area contributed by atoms with Crippen molar-refractivity contribution in [1.29, 1.82) is 0 Å². The summed E-state index contributed by atoms with van der Waals surface area (Å²) in [6.07, 6.45) is 0. The summed E-state index contributed by atoms with van der Waals surface area (Å²) in [5.41, 5.74) is 7.30. The number of phenols is 2. The van der Waals surface area contributed by atoms with Crippen molar-refractivity contribution in [2.24, 2.45) is 5.73 Å². The van der Waals surface area contributed by atoms with Crippen LogP contribution in [0.25, 0.3) is 0 Å². The summed E-state index contributed by atoms with van der Waals surface area (Å²) < 4.78 is 0. The third-order valence-corrected chi connectivity index (χ3v) is 3.05. The number of amides is 1. The highest BCUT2D eigenvalue weighted by Gasteiger charge is 2.17. The van der Waals surface area contributed by atoms with Gasteiger partial charge in [0.2, 0.25) is 0 Å². The van der Waals surface area contributed by atoms with E-state index in [2.05, 4.69) is 0 Å². The number of nitrogens with two attached hydrogens (primary N) is 1. The normalized spacial score (nSPS) is 10.3. The lowest BCUT2D eigenvalue weighted by Crippen LogP contribution is -2.26. The van der Waals surface area contributed by atoms with Crippen LogP contribution in [0.5, 0.6) is 11.5 Å². The number of carbonyl (C=O) groups excluding carboxylic acids is 1. The third-order valence-electron chi connectivity index (χ3n) is 3.05. The molecule has 0 atom stereocenters. The van der Waals surface area contributed by atoms with Crippen LogP contribution in [-0.2, 0) is 6.54 Å². The average molecular weight is 272 g/mol. The topological polar surface area (TPSA) is 86.8 Å². The van der Waals surface area contributed by atoms with Gasteiger partial charge in [-0.15, -0.1) is 0 Å². The standard InChI is InChI=1S/C15H16N2O3/c1-17(11-4-2-3-10(7-11)9-16)15(20)13-6-5-12(18)8-14(13)19/h2-8,18-19H,9,16H2,1H3. The number of anilines is 1. The van der Waals surface area contributed by atoms with Crippen LogP contribution in [0.1, 0.15) is 15.9 Å². The molecule has 0 aliphatic heterocycles. The largest absolute Gasteiger partial charge is 0.508 e. The van der Waals surface area contributed by atoms with Crippen molar-refractivity contribution in [1.82, 2.24) is 0 Å². The first-order chi connectivity index (χ1) is 9.52. The van der Waals surface area contributed by atoms with E-state index in [0.717, 1.165) is 11.6 Å². The Morgan fingerprint density at radius 2 is 1.95 bits per heavy atom. The van der Waals surface area contributed by atoms with Gasteiger partial charge in [0.15, 0.2) is 0 Å². The van der Waals surface area contributed by atoms with E-state index in [4.69, 9.17) is 5.73 Å². The van der Waals surface area contributed by atoms with Gasteiger partial charge in [0.25, 0.3) is 5.91 Å². The molecular formula is C15H16N2O3. The molecule has 0 heterocycles. The SMILES string of the molecule is CN(C(=O)c1ccc(O)cc1O)c1cccc(CN)c1. The minimum absolute atomic E-state index is 0.0909. The van der Waals surface area contributed by atoms with Crippen LogP contribution in [0.2, 0.25) is 0 Å². The van der Waals surface area contributed by atoms with Crippen molar-refractivity contribution in [3.63, 3.8) is 0 Å². The highest BCUT2D eigenvalue weighted by molar-refractivity contribution is 6.07. The summed E-state index contributed by atoms with van der Waals surface area (Å²) in [4.78, 5) is 13.8. The molecule has 0 radical (unpaired) electrons. The van der Waals surface area contributed by atoms with Crippen LogP contribution in [-0.4, -0.2) is 23.2 Å². The lowest BCUT2D eigenvalue weighted by atomic mass is 10.1. The van der Waals surface area contributed by atoms with Crippen LogP contribution < -0.4 is 10.6 Å². The maximum absolute atomic E-state index is 12.3. The number of phenolic OH excluding ortho intramolecular Hbond substituents is 2. The molecule has 5 heteroatoms. The summed E-state index contributed by atoms with van der Waals surface area (Å²) in [5, 5.41) is 19.0. The van der Waals surface area contributed by atoms with Crippen LogP contribution in [0, 0.1) is 0 Å². The van der Waals surface area contributed by atoms with E-state index in [-0.39, 0.29) is 23.0 Å². The number of hydrogen-bond acceptors (Lipinski definition) is 4. The highest BCUT2D eigenvalue weighted by Crippen LogP contribution is 2.25. The molecule has 2 rings (SSSR count). The number of benzene rings is 2. The molecule has 1 amide bonds. The molecule has 2 aromatic carbocycles. The summed E-state index contributed by atoms with van der Waals surface area (Å²) in [6, 6.07) is 11.2. The monoisotopic (exact) mass is 272 g/mol. The van der Waals surface area contributed by atoms with Crippen LogP contribution in [0.15, 0.2) is 42.5 Å². The van der Waals surface area contributed by atoms with E-state index in [1.165, 1.54) is 17.0 Å². The van der Waals surface area contributed by atoms with Crippen molar-refractivity contribution in [2.75, 3.05) is 11.9 Å². The maximum atomic E-state index is 12.3. The van der Waals surface area contributed by atoms with E-state index in [1.54, 1.807) is 13.1 Å². The third kappa shape index (κ3) is 2.73. The van der Waals surface area contributed by atoms with Gasteiger partial charge in [-0.25, -0.2) is 0 Å².